The third-order valence-corrected chi connectivity index (χ3v) is 3.25. The number of pyridine rings is 1. The van der Waals surface area contributed by atoms with E-state index in [1.54, 1.807) is 6.20 Å². The number of hydrogen-bond acceptors (Lipinski definition) is 4. The standard InChI is InChI=1S/C16H21N3O/c1-12(17-2)15-9-6-10-18-16(15)20-14-8-5-7-13(11-14)19(3)4/h5-12,17H,1-4H3. The van der Waals surface area contributed by atoms with Crippen LogP contribution in [0.5, 0.6) is 11.6 Å². The van der Waals surface area contributed by atoms with E-state index < -0.39 is 0 Å². The molecule has 0 aliphatic heterocycles. The van der Waals surface area contributed by atoms with Crippen LogP contribution >= 0.6 is 0 Å². The Hall–Kier alpha value is -2.07. The Morgan fingerprint density at radius 1 is 1.20 bits per heavy atom. The zero-order valence-corrected chi connectivity index (χ0v) is 12.4. The minimum Gasteiger partial charge on any atom is -0.439 e. The van der Waals surface area contributed by atoms with Crippen LogP contribution in [0.1, 0.15) is 18.5 Å². The van der Waals surface area contributed by atoms with Crippen molar-refractivity contribution in [3.8, 4) is 11.6 Å². The highest BCUT2D eigenvalue weighted by Crippen LogP contribution is 2.28. The van der Waals surface area contributed by atoms with Crippen molar-refractivity contribution in [1.29, 1.82) is 0 Å². The van der Waals surface area contributed by atoms with E-state index in [1.807, 2.05) is 62.4 Å². The molecule has 1 unspecified atom stereocenters. The van der Waals surface area contributed by atoms with E-state index in [2.05, 4.69) is 17.2 Å². The van der Waals surface area contributed by atoms with Gasteiger partial charge in [-0.25, -0.2) is 4.98 Å². The van der Waals surface area contributed by atoms with E-state index >= 15 is 0 Å². The molecule has 0 fully saturated rings. The predicted octanol–water partition coefficient (Wildman–Crippen LogP) is 3.22. The van der Waals surface area contributed by atoms with Gasteiger partial charge in [0, 0.05) is 43.7 Å². The molecule has 0 saturated carbocycles. The van der Waals surface area contributed by atoms with Gasteiger partial charge in [0.1, 0.15) is 5.75 Å². The number of hydrogen-bond donors (Lipinski definition) is 1. The largest absolute Gasteiger partial charge is 0.439 e. The summed E-state index contributed by atoms with van der Waals surface area (Å²) in [5, 5.41) is 3.21. The number of rotatable bonds is 5. The van der Waals surface area contributed by atoms with Gasteiger partial charge in [-0.05, 0) is 32.2 Å². The smallest absolute Gasteiger partial charge is 0.223 e. The van der Waals surface area contributed by atoms with Gasteiger partial charge >= 0.3 is 0 Å². The third-order valence-electron chi connectivity index (χ3n) is 3.25. The molecule has 0 aliphatic carbocycles. The number of nitrogens with one attached hydrogen (secondary N) is 1. The van der Waals surface area contributed by atoms with E-state index in [0.717, 1.165) is 17.0 Å². The monoisotopic (exact) mass is 271 g/mol. The van der Waals surface area contributed by atoms with Crippen molar-refractivity contribution in [1.82, 2.24) is 10.3 Å². The van der Waals surface area contributed by atoms with Crippen molar-refractivity contribution in [2.24, 2.45) is 0 Å². The second-order valence-corrected chi connectivity index (χ2v) is 4.90. The SMILES string of the molecule is CNC(C)c1cccnc1Oc1cccc(N(C)C)c1. The normalized spacial score (nSPS) is 12.0. The average molecular weight is 271 g/mol. The predicted molar refractivity (Wildman–Crippen MR) is 82.6 cm³/mol. The molecule has 4 nitrogen and oxygen atoms in total. The van der Waals surface area contributed by atoms with E-state index in [4.69, 9.17) is 4.74 Å². The van der Waals surface area contributed by atoms with E-state index in [1.165, 1.54) is 0 Å². The Morgan fingerprint density at radius 2 is 2.00 bits per heavy atom. The van der Waals surface area contributed by atoms with Gasteiger partial charge in [0.05, 0.1) is 0 Å². The van der Waals surface area contributed by atoms with Crippen LogP contribution in [-0.2, 0) is 0 Å². The molecule has 0 aliphatic rings. The third kappa shape index (κ3) is 3.27. The average Bonchev–Trinajstić information content (AvgIpc) is 2.47. The summed E-state index contributed by atoms with van der Waals surface area (Å²) in [6.45, 7) is 2.08. The molecule has 0 bridgehead atoms. The lowest BCUT2D eigenvalue weighted by molar-refractivity contribution is 0.447. The maximum atomic E-state index is 5.95. The van der Waals surface area contributed by atoms with Crippen LogP contribution in [0.25, 0.3) is 0 Å². The van der Waals surface area contributed by atoms with Crippen molar-refractivity contribution < 1.29 is 4.74 Å². The van der Waals surface area contributed by atoms with E-state index in [-0.39, 0.29) is 6.04 Å². The summed E-state index contributed by atoms with van der Waals surface area (Å²) in [5.41, 5.74) is 2.15. The van der Waals surface area contributed by atoms with E-state index in [9.17, 15) is 0 Å². The molecule has 106 valence electrons. The lowest BCUT2D eigenvalue weighted by atomic mass is 10.1. The molecule has 1 aromatic heterocycles. The van der Waals surface area contributed by atoms with Gasteiger partial charge in [0.2, 0.25) is 5.88 Å². The van der Waals surface area contributed by atoms with Crippen LogP contribution < -0.4 is 15.0 Å². The molecule has 1 heterocycles. The van der Waals surface area contributed by atoms with Crippen molar-refractivity contribution in [2.75, 3.05) is 26.0 Å². The van der Waals surface area contributed by atoms with Gasteiger partial charge in [0.15, 0.2) is 0 Å². The Morgan fingerprint density at radius 3 is 2.70 bits per heavy atom. The van der Waals surface area contributed by atoms with Gasteiger partial charge in [-0.15, -0.1) is 0 Å². The number of aromatic nitrogens is 1. The van der Waals surface area contributed by atoms with Crippen LogP contribution in [0.3, 0.4) is 0 Å². The second kappa shape index (κ2) is 6.39. The molecule has 2 rings (SSSR count). The van der Waals surface area contributed by atoms with E-state index in [0.29, 0.717) is 5.88 Å². The summed E-state index contributed by atoms with van der Waals surface area (Å²) >= 11 is 0. The molecule has 0 radical (unpaired) electrons. The summed E-state index contributed by atoms with van der Waals surface area (Å²) in [6, 6.07) is 12.1. The molecule has 0 amide bonds. The van der Waals surface area contributed by atoms with Gasteiger partial charge in [-0.2, -0.15) is 0 Å². The lowest BCUT2D eigenvalue weighted by Crippen LogP contribution is -2.13. The molecule has 2 aromatic rings. The van der Waals surface area contributed by atoms with Crippen molar-refractivity contribution in [3.63, 3.8) is 0 Å². The Bertz CT molecular complexity index is 569. The molecular weight excluding hydrogens is 250 g/mol. The summed E-state index contributed by atoms with van der Waals surface area (Å²) in [7, 11) is 5.94. The second-order valence-electron chi connectivity index (χ2n) is 4.90. The molecule has 4 heteroatoms. The highest BCUT2D eigenvalue weighted by Gasteiger charge is 2.11. The quantitative estimate of drug-likeness (QED) is 0.906. The van der Waals surface area contributed by atoms with Crippen LogP contribution in [0.2, 0.25) is 0 Å². The summed E-state index contributed by atoms with van der Waals surface area (Å²) in [5.74, 6) is 1.43. The molecule has 1 aromatic carbocycles. The topological polar surface area (TPSA) is 37.4 Å². The molecule has 1 atom stereocenters. The molecule has 0 saturated heterocycles. The highest BCUT2D eigenvalue weighted by molar-refractivity contribution is 5.50. The summed E-state index contributed by atoms with van der Waals surface area (Å²) < 4.78 is 5.95. The lowest BCUT2D eigenvalue weighted by Gasteiger charge is -2.16. The zero-order chi connectivity index (χ0) is 14.5. The highest BCUT2D eigenvalue weighted by atomic mass is 16.5. The van der Waals surface area contributed by atoms with Crippen LogP contribution in [-0.4, -0.2) is 26.1 Å². The Labute approximate surface area is 120 Å². The number of nitrogens with zero attached hydrogens (tertiary/aromatic N) is 2. The first-order valence-electron chi connectivity index (χ1n) is 6.69. The molecule has 1 N–H and O–H groups in total. The fourth-order valence-electron chi connectivity index (χ4n) is 1.91. The fourth-order valence-corrected chi connectivity index (χ4v) is 1.91. The maximum Gasteiger partial charge on any atom is 0.223 e. The van der Waals surface area contributed by atoms with Crippen molar-refractivity contribution >= 4 is 5.69 Å². The number of anilines is 1. The Kier molecular flexibility index (Phi) is 4.58. The zero-order valence-electron chi connectivity index (χ0n) is 12.4. The van der Waals surface area contributed by atoms with Crippen LogP contribution in [0.4, 0.5) is 5.69 Å². The van der Waals surface area contributed by atoms with Crippen LogP contribution in [0.15, 0.2) is 42.6 Å². The van der Waals surface area contributed by atoms with Crippen molar-refractivity contribution in [2.45, 2.75) is 13.0 Å². The fraction of sp³-hybridized carbons (Fsp3) is 0.312. The molecule has 0 spiro atoms. The van der Waals surface area contributed by atoms with Crippen molar-refractivity contribution in [3.05, 3.63) is 48.2 Å². The minimum absolute atomic E-state index is 0.190. The maximum absolute atomic E-state index is 5.95. The van der Waals surface area contributed by atoms with Gasteiger partial charge in [-0.3, -0.25) is 0 Å². The summed E-state index contributed by atoms with van der Waals surface area (Å²) in [6.07, 6.45) is 1.75. The van der Waals surface area contributed by atoms with Gasteiger partial charge < -0.3 is 15.0 Å². The van der Waals surface area contributed by atoms with Gasteiger partial charge in [0.25, 0.3) is 0 Å². The van der Waals surface area contributed by atoms with Gasteiger partial charge in [-0.1, -0.05) is 12.1 Å². The Balaban J connectivity index is 2.28. The number of benzene rings is 1. The first kappa shape index (κ1) is 14.3. The molecular formula is C16H21N3O. The first-order valence-corrected chi connectivity index (χ1v) is 6.69. The first-order chi connectivity index (χ1) is 9.61. The molecule has 20 heavy (non-hydrogen) atoms. The summed E-state index contributed by atoms with van der Waals surface area (Å²) in [4.78, 5) is 6.39. The minimum atomic E-state index is 0.190. The number of ether oxygens (including phenoxy) is 1. The van der Waals surface area contributed by atoms with Crippen LogP contribution in [0, 0.1) is 0 Å².